The van der Waals surface area contributed by atoms with E-state index in [1.165, 1.54) is 24.7 Å². The summed E-state index contributed by atoms with van der Waals surface area (Å²) < 4.78 is 22.2. The molecule has 7 nitrogen and oxygen atoms in total. The lowest BCUT2D eigenvalue weighted by Crippen LogP contribution is -2.47. The highest BCUT2D eigenvalue weighted by Crippen LogP contribution is 2.49. The molecule has 0 amide bonds. The molecule has 0 bridgehead atoms. The fourth-order valence-electron chi connectivity index (χ4n) is 2.88. The van der Waals surface area contributed by atoms with Crippen LogP contribution in [0.4, 0.5) is 10.2 Å². The van der Waals surface area contributed by atoms with Gasteiger partial charge in [-0.3, -0.25) is 0 Å². The average Bonchev–Trinajstić information content (AvgIpc) is 2.95. The molecule has 1 aliphatic rings. The second-order valence-corrected chi connectivity index (χ2v) is 5.55. The van der Waals surface area contributed by atoms with E-state index in [0.29, 0.717) is 11.2 Å². The summed E-state index contributed by atoms with van der Waals surface area (Å²) in [6.07, 6.45) is -1.19. The number of hydrogen-bond acceptors (Lipinski definition) is 6. The summed E-state index contributed by atoms with van der Waals surface area (Å²) in [6.45, 7) is 2.29. The van der Waals surface area contributed by atoms with Crippen LogP contribution in [0.3, 0.4) is 0 Å². The van der Waals surface area contributed by atoms with Gasteiger partial charge in [0.15, 0.2) is 11.5 Å². The highest BCUT2D eigenvalue weighted by atomic mass is 19.1. The molecule has 21 heavy (non-hydrogen) atoms. The number of aliphatic hydroxyl groups is 2. The first-order chi connectivity index (χ1) is 9.83. The van der Waals surface area contributed by atoms with Crippen LogP contribution in [-0.2, 0) is 10.3 Å². The van der Waals surface area contributed by atoms with Crippen LogP contribution in [0.2, 0.25) is 0 Å². The first-order valence-electron chi connectivity index (χ1n) is 6.57. The lowest BCUT2D eigenvalue weighted by Gasteiger charge is -2.33. The van der Waals surface area contributed by atoms with E-state index in [2.05, 4.69) is 10.1 Å². The molecule has 4 atom stereocenters. The lowest BCUT2D eigenvalue weighted by atomic mass is 9.82. The zero-order chi connectivity index (χ0) is 15.4. The molecule has 0 aliphatic carbocycles. The number of aliphatic hydroxyl groups excluding tert-OH is 2. The molecule has 0 saturated carbocycles. The summed E-state index contributed by atoms with van der Waals surface area (Å²) in [6, 6.07) is 3.29. The van der Waals surface area contributed by atoms with Gasteiger partial charge in [0.25, 0.3) is 0 Å². The summed E-state index contributed by atoms with van der Waals surface area (Å²) in [5.74, 6) is 0.262. The van der Waals surface area contributed by atoms with Crippen LogP contribution in [0.15, 0.2) is 18.5 Å². The number of nitrogens with zero attached hydrogens (tertiary/aromatic N) is 3. The second kappa shape index (κ2) is 4.36. The van der Waals surface area contributed by atoms with Crippen molar-refractivity contribution in [3.63, 3.8) is 0 Å². The van der Waals surface area contributed by atoms with Gasteiger partial charge in [-0.1, -0.05) is 0 Å². The first kappa shape index (κ1) is 14.2. The van der Waals surface area contributed by atoms with Crippen LogP contribution in [0.25, 0.3) is 5.52 Å². The van der Waals surface area contributed by atoms with Gasteiger partial charge in [0, 0.05) is 0 Å². The molecular formula is C13H17FN4O3. The first-order valence-corrected chi connectivity index (χ1v) is 6.57. The van der Waals surface area contributed by atoms with E-state index < -0.39 is 30.1 Å². The summed E-state index contributed by atoms with van der Waals surface area (Å²) in [4.78, 5) is 3.87. The van der Waals surface area contributed by atoms with Crippen molar-refractivity contribution in [1.29, 1.82) is 0 Å². The molecule has 2 aromatic heterocycles. The number of nitrogens with two attached hydrogens (primary N) is 1. The summed E-state index contributed by atoms with van der Waals surface area (Å²) >= 11 is 0. The number of alkyl halides is 1. The topological polar surface area (TPSA) is 106 Å². The maximum absolute atomic E-state index is 15.1. The highest BCUT2D eigenvalue weighted by molar-refractivity contribution is 5.65. The number of ether oxygens (including phenoxy) is 1. The SMILES string of the molecule is CC1(c2ccc3c(N)ncnn23)OC(CO)C(O)C1(C)F. The smallest absolute Gasteiger partial charge is 0.170 e. The number of halogens is 1. The molecule has 1 aliphatic heterocycles. The number of nitrogen functional groups attached to an aromatic ring is 1. The maximum Gasteiger partial charge on any atom is 0.170 e. The van der Waals surface area contributed by atoms with Crippen LogP contribution in [-0.4, -0.2) is 49.3 Å². The Morgan fingerprint density at radius 2 is 2.19 bits per heavy atom. The Bertz CT molecular complexity index is 689. The van der Waals surface area contributed by atoms with Gasteiger partial charge in [0.1, 0.15) is 29.7 Å². The van der Waals surface area contributed by atoms with Crippen LogP contribution in [0.5, 0.6) is 0 Å². The Kier molecular flexibility index (Phi) is 2.94. The molecule has 1 fully saturated rings. The van der Waals surface area contributed by atoms with E-state index in [-0.39, 0.29) is 5.82 Å². The Morgan fingerprint density at radius 3 is 2.81 bits per heavy atom. The monoisotopic (exact) mass is 296 g/mol. The van der Waals surface area contributed by atoms with E-state index in [1.807, 2.05) is 0 Å². The third kappa shape index (κ3) is 1.69. The van der Waals surface area contributed by atoms with Crippen molar-refractivity contribution < 1.29 is 19.3 Å². The molecule has 0 spiro atoms. The number of fused-ring (bicyclic) bond motifs is 1. The van der Waals surface area contributed by atoms with Gasteiger partial charge in [-0.2, -0.15) is 5.10 Å². The van der Waals surface area contributed by atoms with Crippen molar-refractivity contribution in [3.8, 4) is 0 Å². The van der Waals surface area contributed by atoms with Crippen molar-refractivity contribution in [2.45, 2.75) is 37.3 Å². The minimum Gasteiger partial charge on any atom is -0.394 e. The fraction of sp³-hybridized carbons (Fsp3) is 0.538. The lowest BCUT2D eigenvalue weighted by molar-refractivity contribution is -0.0990. The van der Waals surface area contributed by atoms with E-state index in [1.54, 1.807) is 12.1 Å². The zero-order valence-corrected chi connectivity index (χ0v) is 11.7. The van der Waals surface area contributed by atoms with Gasteiger partial charge >= 0.3 is 0 Å². The van der Waals surface area contributed by atoms with E-state index in [0.717, 1.165) is 0 Å². The van der Waals surface area contributed by atoms with Gasteiger partial charge in [-0.25, -0.2) is 13.9 Å². The minimum absolute atomic E-state index is 0.262. The highest BCUT2D eigenvalue weighted by Gasteiger charge is 2.63. The Hall–Kier alpha value is -1.77. The molecule has 3 rings (SSSR count). The Balaban J connectivity index is 2.19. The van der Waals surface area contributed by atoms with Crippen molar-refractivity contribution in [3.05, 3.63) is 24.2 Å². The van der Waals surface area contributed by atoms with Crippen molar-refractivity contribution in [2.24, 2.45) is 0 Å². The minimum atomic E-state index is -2.10. The number of anilines is 1. The van der Waals surface area contributed by atoms with Gasteiger partial charge in [0.05, 0.1) is 12.3 Å². The largest absolute Gasteiger partial charge is 0.394 e. The zero-order valence-electron chi connectivity index (χ0n) is 11.7. The molecule has 4 unspecified atom stereocenters. The van der Waals surface area contributed by atoms with Crippen LogP contribution in [0, 0.1) is 0 Å². The van der Waals surface area contributed by atoms with E-state index in [4.69, 9.17) is 10.5 Å². The predicted molar refractivity (Wildman–Crippen MR) is 72.2 cm³/mol. The molecule has 1 saturated heterocycles. The number of hydrogen-bond donors (Lipinski definition) is 3. The van der Waals surface area contributed by atoms with Crippen molar-refractivity contribution in [1.82, 2.24) is 14.6 Å². The average molecular weight is 296 g/mol. The molecule has 0 radical (unpaired) electrons. The molecule has 4 N–H and O–H groups in total. The van der Waals surface area contributed by atoms with Gasteiger partial charge in [-0.15, -0.1) is 0 Å². The molecule has 0 aromatic carbocycles. The Labute approximate surface area is 120 Å². The van der Waals surface area contributed by atoms with Crippen molar-refractivity contribution >= 4 is 11.3 Å². The molecule has 3 heterocycles. The molecule has 8 heteroatoms. The van der Waals surface area contributed by atoms with Gasteiger partial charge < -0.3 is 20.7 Å². The molecule has 2 aromatic rings. The Morgan fingerprint density at radius 1 is 1.48 bits per heavy atom. The van der Waals surface area contributed by atoms with Crippen LogP contribution >= 0.6 is 0 Å². The van der Waals surface area contributed by atoms with Gasteiger partial charge in [-0.05, 0) is 26.0 Å². The third-order valence-electron chi connectivity index (χ3n) is 4.38. The summed E-state index contributed by atoms with van der Waals surface area (Å²) in [7, 11) is 0. The number of rotatable bonds is 2. The quantitative estimate of drug-likeness (QED) is 0.720. The summed E-state index contributed by atoms with van der Waals surface area (Å²) in [5, 5.41) is 23.4. The van der Waals surface area contributed by atoms with Crippen LogP contribution < -0.4 is 5.73 Å². The number of aromatic nitrogens is 3. The maximum atomic E-state index is 15.1. The molecule has 114 valence electrons. The normalized spacial score (nSPS) is 36.4. The predicted octanol–water partition coefficient (Wildman–Crippen LogP) is 0.00690. The summed E-state index contributed by atoms with van der Waals surface area (Å²) in [5.41, 5.74) is 3.10. The fourth-order valence-corrected chi connectivity index (χ4v) is 2.88. The second-order valence-electron chi connectivity index (χ2n) is 5.55. The third-order valence-corrected chi connectivity index (χ3v) is 4.38. The molecular weight excluding hydrogens is 279 g/mol. The van der Waals surface area contributed by atoms with Gasteiger partial charge in [0.2, 0.25) is 0 Å². The van der Waals surface area contributed by atoms with E-state index >= 15 is 4.39 Å². The van der Waals surface area contributed by atoms with Crippen molar-refractivity contribution in [2.75, 3.05) is 12.3 Å². The van der Waals surface area contributed by atoms with Crippen LogP contribution in [0.1, 0.15) is 19.5 Å². The van der Waals surface area contributed by atoms with E-state index in [9.17, 15) is 10.2 Å². The standard InChI is InChI=1S/C13H17FN4O3/c1-12(14)10(20)8(5-19)21-13(12,2)9-4-3-7-11(15)16-6-17-18(7)9/h3-4,6,8,10,19-20H,5H2,1-2H3,(H2,15,16,17).